The van der Waals surface area contributed by atoms with Gasteiger partial charge in [0.05, 0.1) is 56.8 Å². The van der Waals surface area contributed by atoms with Crippen molar-refractivity contribution in [3.8, 4) is 0 Å². The molecular weight excluding hydrogens is 993 g/mol. The maximum atomic E-state index is 14.7. The van der Waals surface area contributed by atoms with Gasteiger partial charge in [-0.2, -0.15) is 0 Å². The highest BCUT2D eigenvalue weighted by Crippen LogP contribution is 2.75. The van der Waals surface area contributed by atoms with Gasteiger partial charge in [0.2, 0.25) is 0 Å². The van der Waals surface area contributed by atoms with Crippen LogP contribution in [0.2, 0.25) is 0 Å². The number of rotatable bonds is 14. The molecule has 428 valence electrons. The molecule has 9 aliphatic rings. The summed E-state index contributed by atoms with van der Waals surface area (Å²) in [4.78, 5) is 28.0. The Balaban J connectivity index is 0.902. The van der Waals surface area contributed by atoms with E-state index in [2.05, 4.69) is 27.7 Å². The number of aliphatic hydroxyl groups excluding tert-OH is 11. The molecule has 7 fully saturated rings. The lowest BCUT2D eigenvalue weighted by Crippen LogP contribution is -2.65. The number of hydrogen-bond donors (Lipinski definition) is 12. The molecule has 0 aromatic carbocycles. The highest BCUT2D eigenvalue weighted by molar-refractivity contribution is 5.94. The van der Waals surface area contributed by atoms with Crippen LogP contribution in [0.15, 0.2) is 11.1 Å². The lowest BCUT2D eigenvalue weighted by molar-refractivity contribution is -0.378. The first kappa shape index (κ1) is 57.9. The number of carbonyl (C=O) groups is 2. The van der Waals surface area contributed by atoms with Crippen molar-refractivity contribution in [1.82, 2.24) is 0 Å². The summed E-state index contributed by atoms with van der Waals surface area (Å²) in [6.07, 6.45) is -23.5. The highest BCUT2D eigenvalue weighted by Gasteiger charge is 2.76. The van der Waals surface area contributed by atoms with E-state index in [4.69, 9.17) is 42.6 Å². The van der Waals surface area contributed by atoms with Gasteiger partial charge in [0.1, 0.15) is 90.2 Å². The molecule has 4 aliphatic carbocycles. The van der Waals surface area contributed by atoms with Gasteiger partial charge in [-0.3, -0.25) is 9.59 Å². The third-order valence-electron chi connectivity index (χ3n) is 20.4. The largest absolute Gasteiger partial charge is 0.396 e. The number of carbonyl (C=O) groups excluding carboxylic acids is 2. The fraction of sp³-hybridized carbons (Fsp3) is 0.923. The Morgan fingerprint density at radius 2 is 1.39 bits per heavy atom. The zero-order valence-electron chi connectivity index (χ0n) is 43.9. The topological polar surface area (TPSA) is 360 Å². The second kappa shape index (κ2) is 20.7. The minimum Gasteiger partial charge on any atom is -0.396 e. The van der Waals surface area contributed by atoms with Gasteiger partial charge in [-0.1, -0.05) is 45.8 Å². The number of fused-ring (bicyclic) bond motifs is 5. The maximum Gasteiger partial charge on any atom is 0.187 e. The fourth-order valence-electron chi connectivity index (χ4n) is 15.6. The molecule has 5 saturated heterocycles. The van der Waals surface area contributed by atoms with Gasteiger partial charge in [-0.25, -0.2) is 0 Å². The van der Waals surface area contributed by atoms with E-state index in [0.29, 0.717) is 51.4 Å². The molecule has 5 aliphatic heterocycles. The molecule has 0 aromatic rings. The van der Waals surface area contributed by atoms with E-state index < -0.39 is 176 Å². The van der Waals surface area contributed by atoms with Crippen molar-refractivity contribution in [3.63, 3.8) is 0 Å². The molecule has 9 rings (SSSR count). The molecule has 12 N–H and O–H groups in total. The SMILES string of the molecule is CCC(=O)[C@]1(C)C[C@@H](C)[C@]2(CC(=O)[C@@]3(C)C4=C(CC[C@@]32C)[C@@]2(C)CC[C@H](O[C@@H]3O[C@H](CO[C@@H]5OC[C@H](O)[C@H](O)[C@H]5O[C@@H]5O[C@H](CO)[C@@H](O)[C@H](O)[C@H]5O[C@@H]5OC[C@](O)(CO)[C@H]5O)[C@@H](O)[C@H](O)[C@H]3O)[C@](C)(CO)[C@@H]2CC4)O1. The monoisotopic (exact) mass is 1070 g/mol. The second-order valence-corrected chi connectivity index (χ2v) is 24.4. The Kier molecular flexibility index (Phi) is 15.9. The van der Waals surface area contributed by atoms with Crippen molar-refractivity contribution in [2.24, 2.45) is 33.5 Å². The molecule has 1 spiro atoms. The summed E-state index contributed by atoms with van der Waals surface area (Å²) in [5, 5.41) is 130. The van der Waals surface area contributed by atoms with Gasteiger partial charge < -0.3 is 104 Å². The normalized spacial score (nSPS) is 54.0. The molecule has 26 atom stereocenters. The van der Waals surface area contributed by atoms with Gasteiger partial charge in [-0.15, -0.1) is 0 Å². The quantitative estimate of drug-likeness (QED) is 0.0817. The van der Waals surface area contributed by atoms with Gasteiger partial charge in [0.15, 0.2) is 30.9 Å². The van der Waals surface area contributed by atoms with E-state index in [0.717, 1.165) is 5.57 Å². The first-order valence-corrected chi connectivity index (χ1v) is 26.8. The molecule has 0 amide bonds. The minimum absolute atomic E-state index is 0.0246. The molecule has 23 heteroatoms. The average Bonchev–Trinajstić information content (AvgIpc) is 3.90. The van der Waals surface area contributed by atoms with Crippen molar-refractivity contribution in [1.29, 1.82) is 0 Å². The lowest BCUT2D eigenvalue weighted by atomic mass is 9.42. The first-order valence-electron chi connectivity index (χ1n) is 26.8. The number of Topliss-reactive ketones (excluding diaryl/α,β-unsaturated/α-hetero) is 2. The van der Waals surface area contributed by atoms with Crippen molar-refractivity contribution in [2.75, 3.05) is 39.6 Å². The third-order valence-corrected chi connectivity index (χ3v) is 20.4. The molecule has 0 bridgehead atoms. The smallest absolute Gasteiger partial charge is 0.187 e. The van der Waals surface area contributed by atoms with Crippen LogP contribution >= 0.6 is 0 Å². The van der Waals surface area contributed by atoms with Crippen molar-refractivity contribution < 1.29 is 113 Å². The van der Waals surface area contributed by atoms with Gasteiger partial charge in [0.25, 0.3) is 0 Å². The number of ether oxygens (including phenoxy) is 9. The highest BCUT2D eigenvalue weighted by atomic mass is 16.8. The summed E-state index contributed by atoms with van der Waals surface area (Å²) < 4.78 is 54.2. The molecule has 75 heavy (non-hydrogen) atoms. The van der Waals surface area contributed by atoms with Crippen LogP contribution in [0.5, 0.6) is 0 Å². The number of aliphatic hydroxyl groups is 12. The van der Waals surface area contributed by atoms with Crippen LogP contribution < -0.4 is 0 Å². The van der Waals surface area contributed by atoms with Gasteiger partial charge >= 0.3 is 0 Å². The van der Waals surface area contributed by atoms with E-state index in [9.17, 15) is 70.9 Å². The number of allylic oxidation sites excluding steroid dienone is 2. The summed E-state index contributed by atoms with van der Waals surface area (Å²) in [6, 6.07) is 0. The summed E-state index contributed by atoms with van der Waals surface area (Å²) in [7, 11) is 0. The molecular formula is C52H82O23. The van der Waals surface area contributed by atoms with E-state index in [1.165, 1.54) is 5.57 Å². The predicted octanol–water partition coefficient (Wildman–Crippen LogP) is -2.26. The second-order valence-electron chi connectivity index (χ2n) is 24.4. The Hall–Kier alpha value is -1.76. The van der Waals surface area contributed by atoms with Crippen LogP contribution in [-0.4, -0.2) is 234 Å². The Bertz CT molecular complexity index is 2150. The van der Waals surface area contributed by atoms with E-state index in [1.54, 1.807) is 0 Å². The lowest BCUT2D eigenvalue weighted by Gasteiger charge is -2.63. The number of hydrogen-bond acceptors (Lipinski definition) is 23. The van der Waals surface area contributed by atoms with E-state index >= 15 is 0 Å². The van der Waals surface area contributed by atoms with Crippen LogP contribution in [0.25, 0.3) is 0 Å². The molecule has 23 nitrogen and oxygen atoms in total. The van der Waals surface area contributed by atoms with Crippen molar-refractivity contribution >= 4 is 11.6 Å². The Morgan fingerprint density at radius 3 is 2.04 bits per heavy atom. The van der Waals surface area contributed by atoms with Crippen LogP contribution in [0.1, 0.15) is 106 Å². The van der Waals surface area contributed by atoms with Crippen LogP contribution in [0.4, 0.5) is 0 Å². The zero-order chi connectivity index (χ0) is 54.7. The summed E-state index contributed by atoms with van der Waals surface area (Å²) in [6.45, 7) is 10.5. The Labute approximate surface area is 435 Å². The third kappa shape index (κ3) is 8.80. The zero-order valence-corrected chi connectivity index (χ0v) is 43.9. The van der Waals surface area contributed by atoms with Gasteiger partial charge in [0, 0.05) is 23.7 Å². The summed E-state index contributed by atoms with van der Waals surface area (Å²) in [5.74, 6) is -0.0224. The van der Waals surface area contributed by atoms with Gasteiger partial charge in [-0.05, 0) is 76.0 Å². The van der Waals surface area contributed by atoms with Crippen molar-refractivity contribution in [3.05, 3.63) is 11.1 Å². The standard InChI is InChI=1S/C52H82O23/c1-8-30(57)48(5)15-23(2)52(75-48)16-31(58)50(7)25-9-10-29-46(3,24(25)11-14-49(50,52)6)13-12-32(47(29,4)20-54)72-42-38(64)36(62)35(61)28(71-42)19-68-43-39(33(59)26(56)18-67-43)73-44-40(37(63)34(60)27(17-53)70-44)74-45-41(65)51(66,21-55)22-69-45/h23,26-29,32-45,53-56,59-66H,8-22H2,1-7H3/t23-,26+,27-,28-,29-,32+,33+,34-,35-,36+,37+,38-,39-,40-,41+,42+,43+,44+,45+,46-,47-,48+,49+,50-,51-,52+/m1/s1. The van der Waals surface area contributed by atoms with Crippen molar-refractivity contribution in [2.45, 2.75) is 228 Å². The maximum absolute atomic E-state index is 14.7. The molecule has 0 aromatic heterocycles. The molecule has 0 unspecified atom stereocenters. The first-order chi connectivity index (χ1) is 35.2. The van der Waals surface area contributed by atoms with E-state index in [1.807, 2.05) is 20.8 Å². The minimum atomic E-state index is -2.15. The number of ketones is 2. The van der Waals surface area contributed by atoms with Crippen LogP contribution in [0.3, 0.4) is 0 Å². The molecule has 2 saturated carbocycles. The fourth-order valence-corrected chi connectivity index (χ4v) is 15.6. The van der Waals surface area contributed by atoms with Crippen LogP contribution in [-0.2, 0) is 52.2 Å². The molecule has 5 heterocycles. The van der Waals surface area contributed by atoms with Crippen LogP contribution in [0, 0.1) is 33.5 Å². The predicted molar refractivity (Wildman–Crippen MR) is 253 cm³/mol. The Morgan fingerprint density at radius 1 is 0.720 bits per heavy atom. The summed E-state index contributed by atoms with van der Waals surface area (Å²) >= 11 is 0. The average molecular weight is 1080 g/mol. The van der Waals surface area contributed by atoms with E-state index in [-0.39, 0.29) is 36.4 Å². The molecule has 0 radical (unpaired) electrons. The summed E-state index contributed by atoms with van der Waals surface area (Å²) in [5.41, 5.74) is -4.38.